The molecule has 166 valence electrons. The van der Waals surface area contributed by atoms with Crippen LogP contribution >= 0.6 is 0 Å². The molecule has 32 heavy (non-hydrogen) atoms. The van der Waals surface area contributed by atoms with Crippen LogP contribution in [0.2, 0.25) is 0 Å². The predicted octanol–water partition coefficient (Wildman–Crippen LogP) is 4.91. The van der Waals surface area contributed by atoms with Crippen molar-refractivity contribution in [2.45, 2.75) is 47.0 Å². The molecule has 3 aromatic rings. The number of nitrogens with zero attached hydrogens (tertiary/aromatic N) is 3. The van der Waals surface area contributed by atoms with Gasteiger partial charge in [0.25, 0.3) is 0 Å². The highest BCUT2D eigenvalue weighted by Gasteiger charge is 2.35. The largest absolute Gasteiger partial charge is 0.323 e. The number of hydrogen-bond acceptors (Lipinski definition) is 3. The van der Waals surface area contributed by atoms with Gasteiger partial charge in [0.15, 0.2) is 0 Å². The van der Waals surface area contributed by atoms with E-state index in [4.69, 9.17) is 0 Å². The van der Waals surface area contributed by atoms with E-state index in [1.54, 1.807) is 4.90 Å². The zero-order chi connectivity index (χ0) is 23.0. The van der Waals surface area contributed by atoms with Crippen LogP contribution in [-0.4, -0.2) is 28.1 Å². The summed E-state index contributed by atoms with van der Waals surface area (Å²) in [6.45, 7) is 10.5. The van der Waals surface area contributed by atoms with Crippen molar-refractivity contribution in [3.63, 3.8) is 0 Å². The molecule has 0 saturated carbocycles. The van der Waals surface area contributed by atoms with Gasteiger partial charge in [-0.3, -0.25) is 9.59 Å². The number of nitrogens with one attached hydrogen (secondary N) is 1. The zero-order valence-corrected chi connectivity index (χ0v) is 19.3. The Balaban J connectivity index is 1.51. The van der Waals surface area contributed by atoms with Gasteiger partial charge in [-0.25, -0.2) is 4.68 Å². The number of aryl methyl sites for hydroxylation is 2. The lowest BCUT2D eigenvalue weighted by molar-refractivity contribution is -0.122. The first-order valence-electron chi connectivity index (χ1n) is 11.1. The molecule has 0 bridgehead atoms. The van der Waals surface area contributed by atoms with E-state index in [1.165, 1.54) is 11.1 Å². The lowest BCUT2D eigenvalue weighted by atomic mass is 10.0. The Morgan fingerprint density at radius 3 is 2.47 bits per heavy atom. The van der Waals surface area contributed by atoms with E-state index in [2.05, 4.69) is 30.3 Å². The predicted molar refractivity (Wildman–Crippen MR) is 127 cm³/mol. The van der Waals surface area contributed by atoms with E-state index in [9.17, 15) is 9.59 Å². The van der Waals surface area contributed by atoms with Crippen LogP contribution in [0.25, 0.3) is 5.69 Å². The zero-order valence-electron chi connectivity index (χ0n) is 19.3. The smallest absolute Gasteiger partial charge is 0.229 e. The lowest BCUT2D eigenvalue weighted by Gasteiger charge is -2.18. The van der Waals surface area contributed by atoms with Crippen LogP contribution < -0.4 is 10.2 Å². The molecule has 0 spiro atoms. The van der Waals surface area contributed by atoms with Gasteiger partial charge in [0.05, 0.1) is 28.7 Å². The van der Waals surface area contributed by atoms with E-state index in [0.717, 1.165) is 22.8 Å². The van der Waals surface area contributed by atoms with Gasteiger partial charge < -0.3 is 10.2 Å². The average molecular weight is 431 g/mol. The molecule has 1 aliphatic heterocycles. The summed E-state index contributed by atoms with van der Waals surface area (Å²) in [5.41, 5.74) is 6.49. The third-order valence-electron chi connectivity index (χ3n) is 6.16. The second kappa shape index (κ2) is 8.61. The first-order chi connectivity index (χ1) is 15.2. The van der Waals surface area contributed by atoms with E-state index in [0.29, 0.717) is 18.2 Å². The molecule has 1 aliphatic rings. The molecule has 1 atom stereocenters. The van der Waals surface area contributed by atoms with Crippen molar-refractivity contribution < 1.29 is 9.59 Å². The van der Waals surface area contributed by atoms with Crippen LogP contribution in [0.4, 0.5) is 11.4 Å². The standard InChI is InChI=1S/C26H30N4O2/c1-16(2)20-7-6-8-23(13-20)29-15-21(14-24(29)31)26(32)27-25-18(4)28-30(19(25)5)22-11-9-17(3)10-12-22/h6-13,16,21H,14-15H2,1-5H3,(H,27,32)/t21-/m0/s1. The number of anilines is 2. The van der Waals surface area contributed by atoms with Crippen molar-refractivity contribution in [2.75, 3.05) is 16.8 Å². The molecule has 1 saturated heterocycles. The minimum atomic E-state index is -0.397. The lowest BCUT2D eigenvalue weighted by Crippen LogP contribution is -2.28. The summed E-state index contributed by atoms with van der Waals surface area (Å²) in [7, 11) is 0. The van der Waals surface area contributed by atoms with Gasteiger partial charge in [0.2, 0.25) is 11.8 Å². The summed E-state index contributed by atoms with van der Waals surface area (Å²) in [5.74, 6) is -0.181. The first-order valence-corrected chi connectivity index (χ1v) is 11.1. The molecule has 4 rings (SSSR count). The fraction of sp³-hybridized carbons (Fsp3) is 0.346. The van der Waals surface area contributed by atoms with Crippen molar-refractivity contribution in [3.05, 3.63) is 71.0 Å². The number of rotatable bonds is 5. The van der Waals surface area contributed by atoms with Gasteiger partial charge in [0, 0.05) is 18.7 Å². The van der Waals surface area contributed by atoms with Crippen molar-refractivity contribution in [1.29, 1.82) is 0 Å². The number of benzene rings is 2. The first kappa shape index (κ1) is 21.8. The molecule has 2 aromatic carbocycles. The Kier molecular flexibility index (Phi) is 5.87. The van der Waals surface area contributed by atoms with E-state index < -0.39 is 5.92 Å². The third kappa shape index (κ3) is 4.17. The molecule has 1 fully saturated rings. The maximum absolute atomic E-state index is 13.1. The molecule has 2 amide bonds. The Labute approximate surface area is 189 Å². The molecule has 0 unspecified atom stereocenters. The van der Waals surface area contributed by atoms with E-state index in [1.807, 2.05) is 67.9 Å². The van der Waals surface area contributed by atoms with Crippen LogP contribution in [0.1, 0.15) is 48.7 Å². The molecule has 6 heteroatoms. The quantitative estimate of drug-likeness (QED) is 0.625. The number of aromatic nitrogens is 2. The maximum atomic E-state index is 13.1. The highest BCUT2D eigenvalue weighted by molar-refractivity contribution is 6.03. The number of amides is 2. The molecular weight excluding hydrogens is 400 g/mol. The Hall–Kier alpha value is -3.41. The summed E-state index contributed by atoms with van der Waals surface area (Å²) < 4.78 is 1.84. The highest BCUT2D eigenvalue weighted by atomic mass is 16.2. The van der Waals surface area contributed by atoms with Crippen LogP contribution in [-0.2, 0) is 9.59 Å². The van der Waals surface area contributed by atoms with Crippen molar-refractivity contribution in [1.82, 2.24) is 9.78 Å². The fourth-order valence-corrected chi connectivity index (χ4v) is 4.17. The van der Waals surface area contributed by atoms with Crippen LogP contribution in [0.3, 0.4) is 0 Å². The third-order valence-corrected chi connectivity index (χ3v) is 6.16. The van der Waals surface area contributed by atoms with Crippen LogP contribution in [0.5, 0.6) is 0 Å². The van der Waals surface area contributed by atoms with Crippen molar-refractivity contribution in [2.24, 2.45) is 5.92 Å². The van der Waals surface area contributed by atoms with Crippen LogP contribution in [0.15, 0.2) is 48.5 Å². The maximum Gasteiger partial charge on any atom is 0.229 e. The summed E-state index contributed by atoms with van der Waals surface area (Å²) in [5, 5.41) is 7.66. The van der Waals surface area contributed by atoms with Gasteiger partial charge >= 0.3 is 0 Å². The number of carbonyl (C=O) groups excluding carboxylic acids is 2. The van der Waals surface area contributed by atoms with E-state index >= 15 is 0 Å². The molecular formula is C26H30N4O2. The molecule has 0 aliphatic carbocycles. The van der Waals surface area contributed by atoms with E-state index in [-0.39, 0.29) is 18.2 Å². The molecule has 0 radical (unpaired) electrons. The molecule has 1 N–H and O–H groups in total. The van der Waals surface area contributed by atoms with Crippen molar-refractivity contribution >= 4 is 23.2 Å². The normalized spacial score (nSPS) is 16.1. The summed E-state index contributed by atoms with van der Waals surface area (Å²) in [6.07, 6.45) is 0.210. The Morgan fingerprint density at radius 1 is 1.06 bits per heavy atom. The summed E-state index contributed by atoms with van der Waals surface area (Å²) >= 11 is 0. The molecule has 6 nitrogen and oxygen atoms in total. The monoisotopic (exact) mass is 430 g/mol. The topological polar surface area (TPSA) is 67.2 Å². The fourth-order valence-electron chi connectivity index (χ4n) is 4.17. The summed E-state index contributed by atoms with van der Waals surface area (Å²) in [4.78, 5) is 27.5. The second-order valence-electron chi connectivity index (χ2n) is 8.94. The number of carbonyl (C=O) groups is 2. The SMILES string of the molecule is Cc1ccc(-n2nc(C)c(NC(=O)[C@H]3CC(=O)N(c4cccc(C(C)C)c4)C3)c2C)cc1. The second-order valence-corrected chi connectivity index (χ2v) is 8.94. The minimum Gasteiger partial charge on any atom is -0.323 e. The van der Waals surface area contributed by atoms with Gasteiger partial charge in [-0.05, 0) is 56.5 Å². The summed E-state index contributed by atoms with van der Waals surface area (Å²) in [6, 6.07) is 16.1. The van der Waals surface area contributed by atoms with Crippen molar-refractivity contribution in [3.8, 4) is 5.69 Å². The van der Waals surface area contributed by atoms with Gasteiger partial charge in [-0.2, -0.15) is 5.10 Å². The van der Waals surface area contributed by atoms with Crippen LogP contribution in [0, 0.1) is 26.7 Å². The number of hydrogen-bond donors (Lipinski definition) is 1. The molecule has 1 aromatic heterocycles. The van der Waals surface area contributed by atoms with Gasteiger partial charge in [-0.15, -0.1) is 0 Å². The minimum absolute atomic E-state index is 0.0187. The molecule has 2 heterocycles. The highest BCUT2D eigenvalue weighted by Crippen LogP contribution is 2.30. The Morgan fingerprint density at radius 2 is 1.78 bits per heavy atom. The van der Waals surface area contributed by atoms with Gasteiger partial charge in [-0.1, -0.05) is 43.7 Å². The average Bonchev–Trinajstić information content (AvgIpc) is 3.29. The Bertz CT molecular complexity index is 1160. The van der Waals surface area contributed by atoms with Gasteiger partial charge in [0.1, 0.15) is 0 Å².